The molecule has 0 heterocycles. The molecule has 1 heteroatoms. The van der Waals surface area contributed by atoms with Crippen molar-refractivity contribution in [2.24, 2.45) is 0 Å². The van der Waals surface area contributed by atoms with Gasteiger partial charge in [-0.05, 0) is 132 Å². The Balaban J connectivity index is 1.05. The molecule has 2 aliphatic rings. The van der Waals surface area contributed by atoms with Crippen LogP contribution in [-0.2, 0) is 10.8 Å². The van der Waals surface area contributed by atoms with Crippen molar-refractivity contribution in [2.45, 2.75) is 17.8 Å². The summed E-state index contributed by atoms with van der Waals surface area (Å²) >= 11 is 0. The smallest absolute Gasteiger partial charge is 0.0714 e. The zero-order valence-electron chi connectivity index (χ0n) is 36.7. The van der Waals surface area contributed by atoms with Gasteiger partial charge >= 0.3 is 0 Å². The van der Waals surface area contributed by atoms with E-state index in [-0.39, 0.29) is 5.41 Å². The minimum atomic E-state index is -0.529. The molecule has 13 rings (SSSR count). The highest BCUT2D eigenvalue weighted by Gasteiger charge is 2.47. The van der Waals surface area contributed by atoms with E-state index in [1.165, 1.54) is 93.9 Å². The lowest BCUT2D eigenvalue weighted by atomic mass is 9.67. The molecule has 0 aromatic heterocycles. The second-order valence-electron chi connectivity index (χ2n) is 18.1. The lowest BCUT2D eigenvalue weighted by Crippen LogP contribution is -2.28. The standard InChI is InChI=1S/C65H45N/c1-64(48-19-5-2-6-20-48)58-28-15-14-27-57(58)63-60(64)30-17-31-62(63)66(51-37-34-44(35-38-51)46-36-40-54-47(42-46)33-32-45-18-11-12-25-53(45)54)52-39-41-56-55-26-13-16-29-59(55)65(61(56)43-52,49-21-7-3-8-22-49)50-23-9-4-10-24-50/h2-43H,1H3. The van der Waals surface area contributed by atoms with Gasteiger partial charge in [0.05, 0.1) is 11.1 Å². The van der Waals surface area contributed by atoms with Crippen LogP contribution in [0.15, 0.2) is 255 Å². The monoisotopic (exact) mass is 839 g/mol. The number of nitrogens with zero attached hydrogens (tertiary/aromatic N) is 1. The minimum Gasteiger partial charge on any atom is -0.310 e. The third-order valence-electron chi connectivity index (χ3n) is 14.8. The van der Waals surface area contributed by atoms with Crippen LogP contribution in [0.2, 0.25) is 0 Å². The van der Waals surface area contributed by atoms with Crippen molar-refractivity contribution in [1.29, 1.82) is 0 Å². The molecule has 0 spiro atoms. The quantitative estimate of drug-likeness (QED) is 0.145. The predicted octanol–water partition coefficient (Wildman–Crippen LogP) is 16.8. The van der Waals surface area contributed by atoms with Gasteiger partial charge in [-0.1, -0.05) is 218 Å². The number of anilines is 3. The van der Waals surface area contributed by atoms with Gasteiger partial charge in [0.25, 0.3) is 0 Å². The SMILES string of the molecule is CC1(c2ccccc2)c2ccccc2-c2c(N(c3ccc(-c4ccc5c(ccc6ccccc65)c4)cc3)c3ccc4c(c3)C(c3ccccc3)(c3ccccc3)c3ccccc3-4)cccc21. The normalized spacial score (nSPS) is 15.2. The first kappa shape index (κ1) is 38.2. The minimum absolute atomic E-state index is 0.338. The van der Waals surface area contributed by atoms with E-state index < -0.39 is 5.41 Å². The van der Waals surface area contributed by atoms with Crippen molar-refractivity contribution in [3.8, 4) is 33.4 Å². The summed E-state index contributed by atoms with van der Waals surface area (Å²) < 4.78 is 0. The first-order chi connectivity index (χ1) is 32.6. The third-order valence-corrected chi connectivity index (χ3v) is 14.8. The summed E-state index contributed by atoms with van der Waals surface area (Å²) in [7, 11) is 0. The van der Waals surface area contributed by atoms with Crippen LogP contribution >= 0.6 is 0 Å². The fourth-order valence-electron chi connectivity index (χ4n) is 11.8. The van der Waals surface area contributed by atoms with Crippen LogP contribution < -0.4 is 4.90 Å². The second-order valence-corrected chi connectivity index (χ2v) is 18.1. The molecule has 0 bridgehead atoms. The molecule has 0 amide bonds. The Kier molecular flexibility index (Phi) is 8.63. The van der Waals surface area contributed by atoms with E-state index in [1.807, 2.05) is 0 Å². The molecular formula is C65H45N. The van der Waals surface area contributed by atoms with Crippen LogP contribution in [0.5, 0.6) is 0 Å². The lowest BCUT2D eigenvalue weighted by molar-refractivity contribution is 0.714. The fourth-order valence-corrected chi connectivity index (χ4v) is 11.8. The Morgan fingerprint density at radius 2 is 0.864 bits per heavy atom. The molecule has 0 aliphatic heterocycles. The maximum absolute atomic E-state index is 2.52. The zero-order chi connectivity index (χ0) is 43.8. The highest BCUT2D eigenvalue weighted by molar-refractivity contribution is 6.08. The summed E-state index contributed by atoms with van der Waals surface area (Å²) in [5.74, 6) is 0. The van der Waals surface area contributed by atoms with Gasteiger partial charge in [-0.25, -0.2) is 0 Å². The Hall–Kier alpha value is -8.26. The summed E-state index contributed by atoms with van der Waals surface area (Å²) in [6.07, 6.45) is 0. The average Bonchev–Trinajstić information content (AvgIpc) is 3.84. The van der Waals surface area contributed by atoms with Gasteiger partial charge in [-0.15, -0.1) is 0 Å². The summed E-state index contributed by atoms with van der Waals surface area (Å²) in [5, 5.41) is 5.08. The lowest BCUT2D eigenvalue weighted by Gasteiger charge is -2.35. The molecule has 0 radical (unpaired) electrons. The van der Waals surface area contributed by atoms with E-state index in [9.17, 15) is 0 Å². The highest BCUT2D eigenvalue weighted by Crippen LogP contribution is 2.59. The van der Waals surface area contributed by atoms with Crippen molar-refractivity contribution >= 4 is 38.6 Å². The Labute approximate surface area is 386 Å². The van der Waals surface area contributed by atoms with Crippen LogP contribution in [0.3, 0.4) is 0 Å². The van der Waals surface area contributed by atoms with Crippen molar-refractivity contribution in [3.63, 3.8) is 0 Å². The number of rotatable bonds is 7. The Bertz CT molecular complexity index is 3610. The van der Waals surface area contributed by atoms with E-state index in [2.05, 4.69) is 267 Å². The molecule has 0 fully saturated rings. The number of fused-ring (bicyclic) bond motifs is 9. The first-order valence-corrected chi connectivity index (χ1v) is 23.1. The molecular weight excluding hydrogens is 795 g/mol. The van der Waals surface area contributed by atoms with E-state index in [1.54, 1.807) is 0 Å². The van der Waals surface area contributed by atoms with E-state index in [0.29, 0.717) is 0 Å². The van der Waals surface area contributed by atoms with Crippen LogP contribution in [0.25, 0.3) is 54.9 Å². The maximum atomic E-state index is 2.52. The van der Waals surface area contributed by atoms with Crippen molar-refractivity contribution in [1.82, 2.24) is 0 Å². The van der Waals surface area contributed by atoms with Gasteiger partial charge in [0.1, 0.15) is 0 Å². The average molecular weight is 840 g/mol. The molecule has 0 saturated heterocycles. The molecule has 66 heavy (non-hydrogen) atoms. The molecule has 11 aromatic carbocycles. The molecule has 0 N–H and O–H groups in total. The van der Waals surface area contributed by atoms with Gasteiger partial charge in [0, 0.05) is 22.4 Å². The summed E-state index contributed by atoms with van der Waals surface area (Å²) in [5.41, 5.74) is 19.0. The largest absolute Gasteiger partial charge is 0.310 e. The molecule has 0 saturated carbocycles. The summed E-state index contributed by atoms with van der Waals surface area (Å²) in [4.78, 5) is 2.52. The van der Waals surface area contributed by atoms with Gasteiger partial charge in [0.2, 0.25) is 0 Å². The number of hydrogen-bond acceptors (Lipinski definition) is 1. The van der Waals surface area contributed by atoms with Crippen LogP contribution in [0, 0.1) is 0 Å². The van der Waals surface area contributed by atoms with Gasteiger partial charge in [-0.3, -0.25) is 0 Å². The van der Waals surface area contributed by atoms with E-state index in [4.69, 9.17) is 0 Å². The van der Waals surface area contributed by atoms with Gasteiger partial charge < -0.3 is 4.90 Å². The fraction of sp³-hybridized carbons (Fsp3) is 0.0462. The molecule has 1 nitrogen and oxygen atoms in total. The van der Waals surface area contributed by atoms with E-state index >= 15 is 0 Å². The van der Waals surface area contributed by atoms with Crippen molar-refractivity contribution in [3.05, 3.63) is 294 Å². The number of benzene rings is 11. The van der Waals surface area contributed by atoms with E-state index in [0.717, 1.165) is 17.1 Å². The predicted molar refractivity (Wildman–Crippen MR) is 276 cm³/mol. The summed E-state index contributed by atoms with van der Waals surface area (Å²) in [6, 6.07) is 94.8. The Morgan fingerprint density at radius 1 is 0.318 bits per heavy atom. The van der Waals surface area contributed by atoms with Crippen LogP contribution in [0.4, 0.5) is 17.1 Å². The van der Waals surface area contributed by atoms with Crippen LogP contribution in [0.1, 0.15) is 45.9 Å². The third kappa shape index (κ3) is 5.53. The maximum Gasteiger partial charge on any atom is 0.0714 e. The van der Waals surface area contributed by atoms with Gasteiger partial charge in [-0.2, -0.15) is 0 Å². The topological polar surface area (TPSA) is 3.24 Å². The van der Waals surface area contributed by atoms with Crippen LogP contribution in [-0.4, -0.2) is 0 Å². The molecule has 2 aliphatic carbocycles. The number of hydrogen-bond donors (Lipinski definition) is 0. The summed E-state index contributed by atoms with van der Waals surface area (Å²) in [6.45, 7) is 2.41. The molecule has 310 valence electrons. The highest BCUT2D eigenvalue weighted by atomic mass is 15.1. The molecule has 1 atom stereocenters. The second kappa shape index (κ2) is 14.9. The first-order valence-electron chi connectivity index (χ1n) is 23.1. The van der Waals surface area contributed by atoms with Gasteiger partial charge in [0.15, 0.2) is 0 Å². The zero-order valence-corrected chi connectivity index (χ0v) is 36.7. The van der Waals surface area contributed by atoms with Crippen molar-refractivity contribution < 1.29 is 0 Å². The Morgan fingerprint density at radius 3 is 1.61 bits per heavy atom. The molecule has 1 unspecified atom stereocenters. The van der Waals surface area contributed by atoms with Crippen molar-refractivity contribution in [2.75, 3.05) is 4.90 Å². The molecule has 11 aromatic rings.